The molecule has 1 aromatic rings. The van der Waals surface area contributed by atoms with Gasteiger partial charge in [0.2, 0.25) is 11.7 Å². The minimum atomic E-state index is -2.26. The van der Waals surface area contributed by atoms with Gasteiger partial charge in [0.15, 0.2) is 23.3 Å². The van der Waals surface area contributed by atoms with Gasteiger partial charge in [0.05, 0.1) is 6.54 Å². The maximum absolute atomic E-state index is 13.2. The number of β-lactam (4-membered cyclic amide) rings is 1. The molecule has 92 valence electrons. The Morgan fingerprint density at radius 3 is 1.71 bits per heavy atom. The summed E-state index contributed by atoms with van der Waals surface area (Å²) in [6, 6.07) is -0.982. The monoisotopic (exact) mass is 252 g/mol. The molecule has 1 unspecified atom stereocenters. The summed E-state index contributed by atoms with van der Waals surface area (Å²) in [7, 11) is 0. The Hall–Kier alpha value is -1.70. The predicted octanol–water partition coefficient (Wildman–Crippen LogP) is 1.06. The first kappa shape index (κ1) is 11.8. The van der Waals surface area contributed by atoms with Gasteiger partial charge in [-0.25, -0.2) is 22.0 Å². The smallest absolute Gasteiger partial charge is 0.245 e. The van der Waals surface area contributed by atoms with Gasteiger partial charge in [-0.15, -0.1) is 0 Å². The van der Waals surface area contributed by atoms with Gasteiger partial charge in [0.25, 0.3) is 0 Å². The van der Waals surface area contributed by atoms with Crippen LogP contribution in [0.1, 0.15) is 0 Å². The summed E-state index contributed by atoms with van der Waals surface area (Å²) in [5, 5.41) is 0. The Labute approximate surface area is 91.6 Å². The van der Waals surface area contributed by atoms with E-state index in [1.807, 2.05) is 0 Å². The van der Waals surface area contributed by atoms with E-state index < -0.39 is 46.7 Å². The third kappa shape index (κ3) is 1.47. The van der Waals surface area contributed by atoms with Crippen molar-refractivity contribution in [2.75, 3.05) is 11.4 Å². The fourth-order valence-corrected chi connectivity index (χ4v) is 1.48. The molecule has 2 rings (SSSR count). The molecule has 0 aromatic heterocycles. The number of hydrogen-bond acceptors (Lipinski definition) is 2. The average Bonchev–Trinajstić information content (AvgIpc) is 2.32. The zero-order chi connectivity index (χ0) is 12.9. The largest absolute Gasteiger partial charge is 0.318 e. The van der Waals surface area contributed by atoms with Crippen LogP contribution in [-0.2, 0) is 4.79 Å². The van der Waals surface area contributed by atoms with Crippen LogP contribution in [0.4, 0.5) is 27.6 Å². The lowest BCUT2D eigenvalue weighted by Gasteiger charge is -2.36. The van der Waals surface area contributed by atoms with Crippen molar-refractivity contribution in [2.45, 2.75) is 6.04 Å². The zero-order valence-electron chi connectivity index (χ0n) is 8.11. The molecule has 1 aliphatic heterocycles. The van der Waals surface area contributed by atoms with E-state index in [1.54, 1.807) is 0 Å². The van der Waals surface area contributed by atoms with Crippen LogP contribution in [0.3, 0.4) is 0 Å². The van der Waals surface area contributed by atoms with E-state index in [1.165, 1.54) is 0 Å². The highest BCUT2D eigenvalue weighted by Crippen LogP contribution is 2.32. The first-order valence-electron chi connectivity index (χ1n) is 4.44. The Kier molecular flexibility index (Phi) is 2.53. The van der Waals surface area contributed by atoms with Crippen molar-refractivity contribution in [1.82, 2.24) is 0 Å². The number of benzene rings is 1. The lowest BCUT2D eigenvalue weighted by atomic mass is 10.1. The van der Waals surface area contributed by atoms with E-state index in [-0.39, 0.29) is 6.54 Å². The van der Waals surface area contributed by atoms with Crippen molar-refractivity contribution in [3.63, 3.8) is 0 Å². The van der Waals surface area contributed by atoms with Gasteiger partial charge >= 0.3 is 0 Å². The van der Waals surface area contributed by atoms with E-state index >= 15 is 0 Å². The first-order valence-corrected chi connectivity index (χ1v) is 4.44. The molecular weight excluding hydrogens is 247 g/mol. The molecule has 1 fully saturated rings. The van der Waals surface area contributed by atoms with Gasteiger partial charge in [-0.2, -0.15) is 0 Å². The fraction of sp³-hybridized carbons (Fsp3) is 0.222. The Morgan fingerprint density at radius 1 is 0.941 bits per heavy atom. The topological polar surface area (TPSA) is 46.3 Å². The number of rotatable bonds is 1. The highest BCUT2D eigenvalue weighted by Gasteiger charge is 2.40. The Bertz CT molecular complexity index is 490. The molecule has 1 heterocycles. The molecule has 0 radical (unpaired) electrons. The lowest BCUT2D eigenvalue weighted by Crippen LogP contribution is -2.61. The quantitative estimate of drug-likeness (QED) is 0.351. The van der Waals surface area contributed by atoms with Crippen LogP contribution in [0.5, 0.6) is 0 Å². The number of amides is 1. The van der Waals surface area contributed by atoms with Gasteiger partial charge < -0.3 is 10.6 Å². The van der Waals surface area contributed by atoms with E-state index in [9.17, 15) is 26.7 Å². The number of halogens is 5. The van der Waals surface area contributed by atoms with Gasteiger partial charge in [-0.1, -0.05) is 0 Å². The third-order valence-electron chi connectivity index (χ3n) is 2.42. The minimum absolute atomic E-state index is 0.294. The number of anilines is 1. The van der Waals surface area contributed by atoms with Gasteiger partial charge in [0.1, 0.15) is 11.7 Å². The Morgan fingerprint density at radius 2 is 1.35 bits per heavy atom. The second-order valence-corrected chi connectivity index (χ2v) is 3.47. The number of carbonyl (C=O) groups is 1. The summed E-state index contributed by atoms with van der Waals surface area (Å²) < 4.78 is 64.8. The van der Waals surface area contributed by atoms with Crippen LogP contribution >= 0.6 is 0 Å². The molecule has 0 bridgehead atoms. The molecule has 1 aromatic carbocycles. The molecule has 1 aliphatic rings. The molecule has 1 saturated heterocycles. The van der Waals surface area contributed by atoms with Crippen molar-refractivity contribution in [1.29, 1.82) is 0 Å². The average molecular weight is 252 g/mol. The van der Waals surface area contributed by atoms with Crippen molar-refractivity contribution in [3.05, 3.63) is 29.1 Å². The van der Waals surface area contributed by atoms with Crippen molar-refractivity contribution in [3.8, 4) is 0 Å². The molecule has 1 amide bonds. The highest BCUT2D eigenvalue weighted by molar-refractivity contribution is 6.04. The molecule has 3 nitrogen and oxygen atoms in total. The van der Waals surface area contributed by atoms with E-state index in [0.29, 0.717) is 4.90 Å². The van der Waals surface area contributed by atoms with Crippen molar-refractivity contribution < 1.29 is 26.7 Å². The van der Waals surface area contributed by atoms with E-state index in [2.05, 4.69) is 0 Å². The van der Waals surface area contributed by atoms with Crippen LogP contribution in [0.2, 0.25) is 0 Å². The minimum Gasteiger partial charge on any atom is -0.318 e. The standard InChI is InChI=1S/C9H5F5N2O/c10-3-4(11)6(13)8(7(14)5(3)12)16-1-2(15)9(16)17/h2H,1,15H2. The summed E-state index contributed by atoms with van der Waals surface area (Å²) in [6.45, 7) is -0.294. The number of hydrogen-bond donors (Lipinski definition) is 1. The zero-order valence-corrected chi connectivity index (χ0v) is 8.11. The molecule has 0 spiro atoms. The number of nitrogens with zero attached hydrogens (tertiary/aromatic N) is 1. The summed E-state index contributed by atoms with van der Waals surface area (Å²) in [4.78, 5) is 11.5. The highest BCUT2D eigenvalue weighted by atomic mass is 19.2. The molecule has 2 N–H and O–H groups in total. The summed E-state index contributed by atoms with van der Waals surface area (Å²) in [5.74, 6) is -11.4. The fourth-order valence-electron chi connectivity index (χ4n) is 1.48. The molecule has 1 atom stereocenters. The van der Waals surface area contributed by atoms with Crippen LogP contribution in [0, 0.1) is 29.1 Å². The van der Waals surface area contributed by atoms with Crippen LogP contribution < -0.4 is 10.6 Å². The van der Waals surface area contributed by atoms with Crippen molar-refractivity contribution in [2.24, 2.45) is 5.73 Å². The third-order valence-corrected chi connectivity index (χ3v) is 2.42. The lowest BCUT2D eigenvalue weighted by molar-refractivity contribution is -0.123. The van der Waals surface area contributed by atoms with Gasteiger partial charge in [-0.3, -0.25) is 4.79 Å². The number of nitrogens with two attached hydrogens (primary N) is 1. The van der Waals surface area contributed by atoms with Gasteiger partial charge in [0, 0.05) is 0 Å². The summed E-state index contributed by atoms with van der Waals surface area (Å²) in [6.07, 6.45) is 0. The predicted molar refractivity (Wildman–Crippen MR) is 46.6 cm³/mol. The van der Waals surface area contributed by atoms with E-state index in [0.717, 1.165) is 0 Å². The van der Waals surface area contributed by atoms with Crippen LogP contribution in [0.15, 0.2) is 0 Å². The normalized spacial score (nSPS) is 19.5. The second-order valence-electron chi connectivity index (χ2n) is 3.47. The van der Waals surface area contributed by atoms with E-state index in [4.69, 9.17) is 5.73 Å². The Balaban J connectivity index is 2.59. The van der Waals surface area contributed by atoms with Crippen LogP contribution in [0.25, 0.3) is 0 Å². The molecule has 8 heteroatoms. The second kappa shape index (κ2) is 3.66. The molecule has 17 heavy (non-hydrogen) atoms. The number of carbonyl (C=O) groups excluding carboxylic acids is 1. The first-order chi connectivity index (χ1) is 7.86. The van der Waals surface area contributed by atoms with Gasteiger partial charge in [-0.05, 0) is 0 Å². The van der Waals surface area contributed by atoms with Crippen molar-refractivity contribution >= 4 is 11.6 Å². The summed E-state index contributed by atoms with van der Waals surface area (Å²) >= 11 is 0. The maximum atomic E-state index is 13.2. The summed E-state index contributed by atoms with van der Waals surface area (Å²) in [5.41, 5.74) is 3.90. The SMILES string of the molecule is NC1CN(c2c(F)c(F)c(F)c(F)c2F)C1=O. The molecule has 0 aliphatic carbocycles. The molecular formula is C9H5F5N2O. The van der Waals surface area contributed by atoms with Crippen LogP contribution in [-0.4, -0.2) is 18.5 Å². The maximum Gasteiger partial charge on any atom is 0.245 e. The molecule has 0 saturated carbocycles.